The number of carbonyl (C=O) groups excluding carboxylic acids is 1. The highest BCUT2D eigenvalue weighted by atomic mass is 32.2. The molecule has 2 fully saturated rings. The molecule has 1 saturated carbocycles. The molecule has 1 saturated heterocycles. The third kappa shape index (κ3) is 5.00. The highest BCUT2D eigenvalue weighted by Crippen LogP contribution is 2.39. The van der Waals surface area contributed by atoms with Gasteiger partial charge in [0.05, 0.1) is 16.5 Å². The van der Waals surface area contributed by atoms with Crippen LogP contribution in [0.4, 0.5) is 10.1 Å². The van der Waals surface area contributed by atoms with Gasteiger partial charge in [-0.15, -0.1) is 0 Å². The molecule has 0 unspecified atom stereocenters. The van der Waals surface area contributed by atoms with Crippen LogP contribution in [0.1, 0.15) is 48.8 Å². The second kappa shape index (κ2) is 10.9. The molecule has 0 radical (unpaired) electrons. The molecular weight excluding hydrogens is 507 g/mol. The number of halogens is 1. The van der Waals surface area contributed by atoms with Crippen molar-refractivity contribution in [2.45, 2.75) is 44.7 Å². The lowest BCUT2D eigenvalue weighted by Gasteiger charge is -2.30. The molecule has 0 atom stereocenters. The van der Waals surface area contributed by atoms with Gasteiger partial charge in [0.25, 0.3) is 5.91 Å². The molecule has 194 valence electrons. The highest BCUT2D eigenvalue weighted by Gasteiger charge is 2.39. The lowest BCUT2D eigenvalue weighted by atomic mass is 9.94. The first kappa shape index (κ1) is 25.1. The third-order valence-corrected chi connectivity index (χ3v) is 8.41. The Balaban J connectivity index is 1.40. The predicted octanol–water partition coefficient (Wildman–Crippen LogP) is 7.64. The fourth-order valence-electron chi connectivity index (χ4n) is 5.48. The summed E-state index contributed by atoms with van der Waals surface area (Å²) in [5.74, 6) is -0.478. The number of nitrogens with zero attached hydrogens (tertiary/aromatic N) is 4. The summed E-state index contributed by atoms with van der Waals surface area (Å²) >= 11 is 1.32. The number of fused-ring (bicyclic) bond motifs is 1. The van der Waals surface area contributed by atoms with Crippen LogP contribution in [0.25, 0.3) is 17.0 Å². The fraction of sp³-hybridized carbons (Fsp3) is 0.219. The summed E-state index contributed by atoms with van der Waals surface area (Å²) in [6.07, 6.45) is 9.13. The Morgan fingerprint density at radius 2 is 1.74 bits per heavy atom. The zero-order valence-electron chi connectivity index (χ0n) is 21.4. The van der Waals surface area contributed by atoms with Crippen LogP contribution in [-0.4, -0.2) is 26.6 Å². The molecule has 6 rings (SSSR count). The van der Waals surface area contributed by atoms with Crippen molar-refractivity contribution in [2.24, 2.45) is 4.99 Å². The summed E-state index contributed by atoms with van der Waals surface area (Å²) in [6.45, 7) is 0.544. The van der Waals surface area contributed by atoms with Crippen LogP contribution in [0, 0.1) is 17.1 Å². The fourth-order valence-corrected chi connectivity index (χ4v) is 6.53. The van der Waals surface area contributed by atoms with Gasteiger partial charge >= 0.3 is 0 Å². The molecular formula is C32H27FN4OS. The van der Waals surface area contributed by atoms with E-state index in [2.05, 4.69) is 21.7 Å². The number of nitriles is 1. The van der Waals surface area contributed by atoms with E-state index in [1.165, 1.54) is 24.2 Å². The summed E-state index contributed by atoms with van der Waals surface area (Å²) in [5.41, 5.74) is 3.77. The zero-order chi connectivity index (χ0) is 26.8. The van der Waals surface area contributed by atoms with Crippen molar-refractivity contribution in [3.63, 3.8) is 0 Å². The monoisotopic (exact) mass is 534 g/mol. The molecule has 1 aliphatic heterocycles. The van der Waals surface area contributed by atoms with E-state index in [1.807, 2.05) is 54.7 Å². The van der Waals surface area contributed by atoms with E-state index < -0.39 is 5.82 Å². The number of para-hydroxylation sites is 2. The lowest BCUT2D eigenvalue weighted by molar-refractivity contribution is -0.124. The zero-order valence-corrected chi connectivity index (χ0v) is 22.2. The first-order valence-electron chi connectivity index (χ1n) is 13.2. The van der Waals surface area contributed by atoms with Crippen molar-refractivity contribution >= 4 is 45.5 Å². The van der Waals surface area contributed by atoms with Crippen molar-refractivity contribution < 1.29 is 9.18 Å². The lowest BCUT2D eigenvalue weighted by Crippen LogP contribution is -2.40. The smallest absolute Gasteiger partial charge is 0.267 e. The second-order valence-electron chi connectivity index (χ2n) is 9.92. The standard InChI is InChI=1S/C32H27FN4OS/c33-27-15-7-8-16-28(27)35-32-37(25-12-2-1-3-13-25)31(38)30(39-32)18-24-21-36(29-17-9-6-14-26(24)29)20-23-11-5-4-10-22(23)19-34/h4-11,14-18,21,25H,1-3,12-13,20H2/b30-18-,35-32?. The molecule has 1 amide bonds. The Hall–Kier alpha value is -4.15. The SMILES string of the molecule is N#Cc1ccccc1Cn1cc(/C=C2\SC(=Nc3ccccc3F)N(C3CCCCC3)C2=O)c2ccccc21. The van der Waals surface area contributed by atoms with Gasteiger partial charge in [0.1, 0.15) is 11.5 Å². The van der Waals surface area contributed by atoms with Crippen molar-refractivity contribution in [3.05, 3.63) is 106 Å². The van der Waals surface area contributed by atoms with E-state index in [1.54, 1.807) is 23.1 Å². The molecule has 5 nitrogen and oxygen atoms in total. The van der Waals surface area contributed by atoms with E-state index in [0.29, 0.717) is 22.2 Å². The van der Waals surface area contributed by atoms with Crippen LogP contribution in [0.2, 0.25) is 0 Å². The summed E-state index contributed by atoms with van der Waals surface area (Å²) in [4.78, 5) is 20.8. The van der Waals surface area contributed by atoms with Gasteiger partial charge in [-0.2, -0.15) is 5.26 Å². The Labute approximate surface area is 231 Å². The minimum absolute atomic E-state index is 0.0685. The summed E-state index contributed by atoms with van der Waals surface area (Å²) in [7, 11) is 0. The summed E-state index contributed by atoms with van der Waals surface area (Å²) in [6, 6.07) is 24.5. The number of aromatic nitrogens is 1. The van der Waals surface area contributed by atoms with E-state index in [9.17, 15) is 14.4 Å². The van der Waals surface area contributed by atoms with Crippen LogP contribution < -0.4 is 0 Å². The van der Waals surface area contributed by atoms with Crippen molar-refractivity contribution in [3.8, 4) is 6.07 Å². The van der Waals surface area contributed by atoms with Gasteiger partial charge in [0.15, 0.2) is 5.17 Å². The number of benzene rings is 3. The molecule has 7 heteroatoms. The van der Waals surface area contributed by atoms with E-state index in [-0.39, 0.29) is 17.6 Å². The highest BCUT2D eigenvalue weighted by molar-refractivity contribution is 8.18. The van der Waals surface area contributed by atoms with E-state index >= 15 is 0 Å². The molecule has 4 aromatic rings. The number of amidine groups is 1. The van der Waals surface area contributed by atoms with Gasteiger partial charge in [0.2, 0.25) is 0 Å². The third-order valence-electron chi connectivity index (χ3n) is 7.43. The normalized spacial score (nSPS) is 18.4. The number of hydrogen-bond acceptors (Lipinski definition) is 4. The topological polar surface area (TPSA) is 61.4 Å². The van der Waals surface area contributed by atoms with Crippen molar-refractivity contribution in [1.82, 2.24) is 9.47 Å². The Bertz CT molecular complexity index is 1660. The maximum Gasteiger partial charge on any atom is 0.267 e. The van der Waals surface area contributed by atoms with Gasteiger partial charge in [-0.1, -0.05) is 67.8 Å². The van der Waals surface area contributed by atoms with Crippen LogP contribution in [0.3, 0.4) is 0 Å². The minimum atomic E-state index is -0.403. The quantitative estimate of drug-likeness (QED) is 0.247. The van der Waals surface area contributed by atoms with Crippen LogP contribution >= 0.6 is 11.8 Å². The van der Waals surface area contributed by atoms with E-state index in [0.717, 1.165) is 47.7 Å². The molecule has 1 aromatic heterocycles. The largest absolute Gasteiger partial charge is 0.342 e. The number of carbonyl (C=O) groups is 1. The molecule has 2 heterocycles. The van der Waals surface area contributed by atoms with Crippen LogP contribution in [-0.2, 0) is 11.3 Å². The summed E-state index contributed by atoms with van der Waals surface area (Å²) in [5, 5.41) is 11.1. The maximum atomic E-state index is 14.5. The van der Waals surface area contributed by atoms with E-state index in [4.69, 9.17) is 0 Å². The first-order chi connectivity index (χ1) is 19.1. The average Bonchev–Trinajstić information content (AvgIpc) is 3.47. The maximum absolute atomic E-state index is 14.5. The Morgan fingerprint density at radius 3 is 2.56 bits per heavy atom. The van der Waals surface area contributed by atoms with Crippen molar-refractivity contribution in [2.75, 3.05) is 0 Å². The number of amides is 1. The number of thioether (sulfide) groups is 1. The number of aliphatic imine (C=N–C) groups is 1. The summed E-state index contributed by atoms with van der Waals surface area (Å²) < 4.78 is 16.6. The van der Waals surface area contributed by atoms with Crippen LogP contribution in [0.5, 0.6) is 0 Å². The Morgan fingerprint density at radius 1 is 1.00 bits per heavy atom. The molecule has 0 spiro atoms. The second-order valence-corrected chi connectivity index (χ2v) is 10.9. The number of rotatable bonds is 5. The van der Waals surface area contributed by atoms with Gasteiger partial charge in [-0.25, -0.2) is 9.38 Å². The molecule has 3 aromatic carbocycles. The van der Waals surface area contributed by atoms with Gasteiger partial charge in [-0.05, 0) is 60.5 Å². The predicted molar refractivity (Wildman–Crippen MR) is 155 cm³/mol. The first-order valence-corrected chi connectivity index (χ1v) is 14.1. The minimum Gasteiger partial charge on any atom is -0.342 e. The molecule has 0 N–H and O–H groups in total. The van der Waals surface area contributed by atoms with Gasteiger partial charge in [-0.3, -0.25) is 9.69 Å². The molecule has 1 aliphatic carbocycles. The Kier molecular flexibility index (Phi) is 7.04. The van der Waals surface area contributed by atoms with Crippen LogP contribution in [0.15, 0.2) is 88.9 Å². The van der Waals surface area contributed by atoms with Crippen molar-refractivity contribution in [1.29, 1.82) is 5.26 Å². The molecule has 39 heavy (non-hydrogen) atoms. The van der Waals surface area contributed by atoms with Gasteiger partial charge < -0.3 is 4.57 Å². The average molecular weight is 535 g/mol. The number of hydrogen-bond donors (Lipinski definition) is 0. The van der Waals surface area contributed by atoms with Gasteiger partial charge in [0, 0.05) is 35.2 Å². The molecule has 2 aliphatic rings. The molecule has 0 bridgehead atoms.